The number of benzene rings is 1. The van der Waals surface area contributed by atoms with Crippen LogP contribution in [0.25, 0.3) is 5.65 Å². The van der Waals surface area contributed by atoms with E-state index in [1.807, 2.05) is 6.07 Å². The molecule has 0 spiro atoms. The highest BCUT2D eigenvalue weighted by atomic mass is 79.9. The summed E-state index contributed by atoms with van der Waals surface area (Å²) < 4.78 is 16.1. The van der Waals surface area contributed by atoms with Gasteiger partial charge >= 0.3 is 0 Å². The Balaban J connectivity index is 1.51. The van der Waals surface area contributed by atoms with Gasteiger partial charge in [-0.1, -0.05) is 11.6 Å². The molecule has 0 aliphatic carbocycles. The van der Waals surface area contributed by atoms with Crippen molar-refractivity contribution in [3.05, 3.63) is 63.2 Å². The Labute approximate surface area is 162 Å². The fourth-order valence-electron chi connectivity index (χ4n) is 3.37. The van der Waals surface area contributed by atoms with Crippen LogP contribution in [0.2, 0.25) is 5.02 Å². The third-order valence-corrected chi connectivity index (χ3v) is 5.55. The number of halogens is 3. The van der Waals surface area contributed by atoms with Crippen molar-refractivity contribution in [2.75, 3.05) is 13.1 Å². The molecular formula is C18H15BrClFN4O. The Morgan fingerprint density at radius 3 is 2.73 bits per heavy atom. The minimum Gasteiger partial charge on any atom is -0.336 e. The van der Waals surface area contributed by atoms with Crippen LogP contribution in [0.15, 0.2) is 41.0 Å². The number of pyridine rings is 1. The van der Waals surface area contributed by atoms with E-state index < -0.39 is 0 Å². The number of aromatic nitrogens is 3. The molecule has 0 radical (unpaired) electrons. The molecular weight excluding hydrogens is 423 g/mol. The van der Waals surface area contributed by atoms with E-state index in [4.69, 9.17) is 11.6 Å². The average molecular weight is 438 g/mol. The van der Waals surface area contributed by atoms with E-state index in [2.05, 4.69) is 26.1 Å². The quantitative estimate of drug-likeness (QED) is 0.600. The molecule has 1 aliphatic rings. The number of nitrogens with zero attached hydrogens (tertiary/aromatic N) is 4. The Bertz CT molecular complexity index is 984. The van der Waals surface area contributed by atoms with Gasteiger partial charge in [-0.2, -0.15) is 0 Å². The first-order chi connectivity index (χ1) is 12.5. The van der Waals surface area contributed by atoms with Crippen molar-refractivity contribution in [3.63, 3.8) is 0 Å². The summed E-state index contributed by atoms with van der Waals surface area (Å²) in [5.41, 5.74) is 1.44. The summed E-state index contributed by atoms with van der Waals surface area (Å²) in [7, 11) is 0. The molecule has 1 aromatic carbocycles. The largest absolute Gasteiger partial charge is 0.336 e. The van der Waals surface area contributed by atoms with E-state index in [9.17, 15) is 9.18 Å². The lowest BCUT2D eigenvalue weighted by molar-refractivity contribution is 0.0699. The predicted octanol–water partition coefficient (Wildman–Crippen LogP) is 4.30. The summed E-state index contributed by atoms with van der Waals surface area (Å²) >= 11 is 9.61. The number of fused-ring (bicyclic) bond motifs is 1. The molecule has 134 valence electrons. The first-order valence-corrected chi connectivity index (χ1v) is 9.44. The molecule has 26 heavy (non-hydrogen) atoms. The minimum absolute atomic E-state index is 0.145. The van der Waals surface area contributed by atoms with E-state index >= 15 is 0 Å². The van der Waals surface area contributed by atoms with Crippen LogP contribution in [0.5, 0.6) is 0 Å². The molecule has 0 unspecified atom stereocenters. The van der Waals surface area contributed by atoms with Crippen LogP contribution in [0.1, 0.15) is 34.9 Å². The molecule has 5 nitrogen and oxygen atoms in total. The Hall–Kier alpha value is -1.99. The van der Waals surface area contributed by atoms with Crippen molar-refractivity contribution in [3.8, 4) is 0 Å². The van der Waals surface area contributed by atoms with Gasteiger partial charge in [0.15, 0.2) is 5.65 Å². The summed E-state index contributed by atoms with van der Waals surface area (Å²) in [5, 5.41) is 8.66. The van der Waals surface area contributed by atoms with Crippen molar-refractivity contribution in [2.45, 2.75) is 18.8 Å². The van der Waals surface area contributed by atoms with Gasteiger partial charge in [0, 0.05) is 28.8 Å². The molecule has 0 saturated carbocycles. The molecule has 3 aromatic rings. The Kier molecular flexibility index (Phi) is 4.67. The molecule has 1 aliphatic heterocycles. The maximum atomic E-state index is 13.5. The second kappa shape index (κ2) is 6.96. The zero-order valence-electron chi connectivity index (χ0n) is 13.7. The fourth-order valence-corrected chi connectivity index (χ4v) is 3.98. The maximum absolute atomic E-state index is 13.5. The molecule has 0 bridgehead atoms. The number of hydrogen-bond donors (Lipinski definition) is 0. The lowest BCUT2D eigenvalue weighted by atomic mass is 9.89. The lowest BCUT2D eigenvalue weighted by Crippen LogP contribution is -2.38. The van der Waals surface area contributed by atoms with E-state index in [-0.39, 0.29) is 17.6 Å². The van der Waals surface area contributed by atoms with Gasteiger partial charge in [-0.3, -0.25) is 9.20 Å². The summed E-state index contributed by atoms with van der Waals surface area (Å²) in [6.45, 7) is 1.14. The molecule has 3 heterocycles. The first-order valence-electron chi connectivity index (χ1n) is 8.27. The van der Waals surface area contributed by atoms with Crippen molar-refractivity contribution in [2.24, 2.45) is 0 Å². The predicted molar refractivity (Wildman–Crippen MR) is 100.0 cm³/mol. The van der Waals surface area contributed by atoms with Crippen molar-refractivity contribution < 1.29 is 9.18 Å². The zero-order valence-corrected chi connectivity index (χ0v) is 16.0. The first kappa shape index (κ1) is 17.4. The second-order valence-corrected chi connectivity index (χ2v) is 7.65. The highest BCUT2D eigenvalue weighted by molar-refractivity contribution is 9.10. The molecule has 1 amide bonds. The van der Waals surface area contributed by atoms with Gasteiger partial charge in [0.25, 0.3) is 5.91 Å². The van der Waals surface area contributed by atoms with Gasteiger partial charge in [0.2, 0.25) is 5.82 Å². The van der Waals surface area contributed by atoms with E-state index in [1.54, 1.807) is 27.6 Å². The van der Waals surface area contributed by atoms with E-state index in [1.165, 1.54) is 12.1 Å². The zero-order chi connectivity index (χ0) is 18.3. The summed E-state index contributed by atoms with van der Waals surface area (Å²) in [5.74, 6) is -0.00196. The van der Waals surface area contributed by atoms with Crippen molar-refractivity contribution in [1.82, 2.24) is 19.5 Å². The standard InChI is InChI=1S/C18H15BrClFN4O/c19-12-1-4-16-22-23-17(25(16)10-12)18(26)24-7-5-11(6-8-24)14-9-13(21)2-3-15(14)20/h1-4,9-11H,5-8H2. The Morgan fingerprint density at radius 1 is 1.19 bits per heavy atom. The maximum Gasteiger partial charge on any atom is 0.292 e. The number of hydrogen-bond acceptors (Lipinski definition) is 3. The average Bonchev–Trinajstić information content (AvgIpc) is 3.06. The number of carbonyl (C=O) groups excluding carboxylic acids is 1. The topological polar surface area (TPSA) is 50.5 Å². The minimum atomic E-state index is -0.289. The summed E-state index contributed by atoms with van der Waals surface area (Å²) in [4.78, 5) is 14.6. The van der Waals surface area contributed by atoms with Gasteiger partial charge in [-0.25, -0.2) is 4.39 Å². The molecule has 2 aromatic heterocycles. The third-order valence-electron chi connectivity index (χ3n) is 4.74. The highest BCUT2D eigenvalue weighted by Gasteiger charge is 2.28. The lowest BCUT2D eigenvalue weighted by Gasteiger charge is -2.32. The molecule has 1 fully saturated rings. The van der Waals surface area contributed by atoms with Crippen LogP contribution in [-0.2, 0) is 0 Å². The van der Waals surface area contributed by atoms with Crippen LogP contribution in [0.3, 0.4) is 0 Å². The SMILES string of the molecule is O=C(c1nnc2ccc(Br)cn12)N1CCC(c2cc(F)ccc2Cl)CC1. The fraction of sp³-hybridized carbons (Fsp3) is 0.278. The number of rotatable bonds is 2. The Morgan fingerprint density at radius 2 is 1.96 bits per heavy atom. The molecule has 8 heteroatoms. The van der Waals surface area contributed by atoms with Crippen LogP contribution < -0.4 is 0 Å². The van der Waals surface area contributed by atoms with Crippen molar-refractivity contribution in [1.29, 1.82) is 0 Å². The molecule has 1 saturated heterocycles. The van der Waals surface area contributed by atoms with E-state index in [0.29, 0.717) is 29.6 Å². The number of likely N-dealkylation sites (tertiary alicyclic amines) is 1. The summed E-state index contributed by atoms with van der Waals surface area (Å²) in [6, 6.07) is 8.09. The summed E-state index contributed by atoms with van der Waals surface area (Å²) in [6.07, 6.45) is 3.24. The van der Waals surface area contributed by atoms with Crippen LogP contribution >= 0.6 is 27.5 Å². The smallest absolute Gasteiger partial charge is 0.292 e. The third kappa shape index (κ3) is 3.21. The highest BCUT2D eigenvalue weighted by Crippen LogP contribution is 2.33. The second-order valence-electron chi connectivity index (χ2n) is 6.33. The van der Waals surface area contributed by atoms with Crippen molar-refractivity contribution >= 4 is 39.1 Å². The number of piperidine rings is 1. The number of carbonyl (C=O) groups is 1. The van der Waals surface area contributed by atoms with Gasteiger partial charge in [-0.15, -0.1) is 10.2 Å². The van der Waals surface area contributed by atoms with Gasteiger partial charge in [0.1, 0.15) is 5.82 Å². The van der Waals surface area contributed by atoms with Crippen LogP contribution in [0.4, 0.5) is 4.39 Å². The normalized spacial score (nSPS) is 15.6. The van der Waals surface area contributed by atoms with Gasteiger partial charge in [-0.05, 0) is 70.6 Å². The molecule has 0 N–H and O–H groups in total. The number of amides is 1. The molecule has 0 atom stereocenters. The molecule has 4 rings (SSSR count). The van der Waals surface area contributed by atoms with Gasteiger partial charge < -0.3 is 4.90 Å². The van der Waals surface area contributed by atoms with Crippen LogP contribution in [-0.4, -0.2) is 38.5 Å². The van der Waals surface area contributed by atoms with E-state index in [0.717, 1.165) is 22.9 Å². The van der Waals surface area contributed by atoms with Crippen LogP contribution in [0, 0.1) is 5.82 Å². The monoisotopic (exact) mass is 436 g/mol. The van der Waals surface area contributed by atoms with Gasteiger partial charge in [0.05, 0.1) is 0 Å².